The van der Waals surface area contributed by atoms with E-state index >= 15 is 0 Å². The third-order valence-electron chi connectivity index (χ3n) is 7.66. The lowest BCUT2D eigenvalue weighted by atomic mass is 10.1. The van der Waals surface area contributed by atoms with Gasteiger partial charge in [0.1, 0.15) is 5.69 Å². The summed E-state index contributed by atoms with van der Waals surface area (Å²) in [6.07, 6.45) is 8.40. The minimum atomic E-state index is -3.01. The van der Waals surface area contributed by atoms with E-state index < -0.39 is 17.7 Å². The fourth-order valence-corrected chi connectivity index (χ4v) is 5.26. The molecular weight excluding hydrogens is 540 g/mol. The third-order valence-corrected chi connectivity index (χ3v) is 7.66. The molecule has 2 aromatic rings. The number of carbonyl (C=O) groups is 3. The number of likely N-dealkylation sites (tertiary alicyclic amines) is 2. The summed E-state index contributed by atoms with van der Waals surface area (Å²) in [6, 6.07) is 11.5. The molecule has 4 rings (SSSR count). The van der Waals surface area contributed by atoms with Crippen LogP contribution in [0.15, 0.2) is 48.7 Å². The molecule has 0 radical (unpaired) electrons. The molecule has 1 aromatic carbocycles. The molecule has 42 heavy (non-hydrogen) atoms. The molecule has 0 bridgehead atoms. The topological polar surface area (TPSA) is 109 Å². The van der Waals surface area contributed by atoms with Crippen LogP contribution in [0.4, 0.5) is 8.78 Å². The van der Waals surface area contributed by atoms with E-state index in [0.717, 1.165) is 39.2 Å². The summed E-state index contributed by atoms with van der Waals surface area (Å²) in [4.78, 5) is 43.6. The van der Waals surface area contributed by atoms with Crippen LogP contribution in [-0.2, 0) is 10.7 Å². The summed E-state index contributed by atoms with van der Waals surface area (Å²) in [6.45, 7) is 11.2. The van der Waals surface area contributed by atoms with E-state index in [9.17, 15) is 23.2 Å². The molecule has 3 unspecified atom stereocenters. The summed E-state index contributed by atoms with van der Waals surface area (Å²) in [5.41, 5.74) is 5.13. The highest BCUT2D eigenvalue weighted by atomic mass is 19.3. The maximum Gasteiger partial charge on any atom is 0.270 e. The Labute approximate surface area is 249 Å². The molecule has 3 heterocycles. The smallest absolute Gasteiger partial charge is 0.270 e. The van der Waals surface area contributed by atoms with Gasteiger partial charge in [0.2, 0.25) is 5.91 Å². The Morgan fingerprint density at radius 1 is 1.02 bits per heavy atom. The molecule has 0 spiro atoms. The Bertz CT molecular complexity index is 1140. The van der Waals surface area contributed by atoms with Gasteiger partial charge in [-0.15, -0.1) is 0 Å². The summed E-state index contributed by atoms with van der Waals surface area (Å²) in [5.74, 6) is -4.12. The maximum absolute atomic E-state index is 13.5. The maximum atomic E-state index is 13.5. The number of benzene rings is 1. The normalized spacial score (nSPS) is 18.6. The number of unbranched alkanes of at least 4 members (excludes halogenated alkanes) is 1. The van der Waals surface area contributed by atoms with Gasteiger partial charge in [0.05, 0.1) is 6.54 Å². The fraction of sp³-hybridized carbons (Fsp3) is 0.562. The number of nitrogens with two attached hydrogens (primary N) is 1. The SMILES string of the molecule is CCCC.CCCC(C)N1CCC2C1CCN2C(=O)CNC(=O)c1cccc(C(C)(F)F)c1.NC(=O)c1ccccn1. The van der Waals surface area contributed by atoms with Gasteiger partial charge in [0.15, 0.2) is 0 Å². The summed E-state index contributed by atoms with van der Waals surface area (Å²) in [7, 11) is 0. The van der Waals surface area contributed by atoms with Crippen LogP contribution in [-0.4, -0.2) is 70.3 Å². The molecule has 0 aliphatic carbocycles. The molecule has 232 valence electrons. The minimum absolute atomic E-state index is 0.104. The number of aromatic nitrogens is 1. The van der Waals surface area contributed by atoms with Crippen LogP contribution in [0.3, 0.4) is 0 Å². The Kier molecular flexibility index (Phi) is 14.0. The van der Waals surface area contributed by atoms with Gasteiger partial charge in [0, 0.05) is 55.5 Å². The molecule has 2 aliphatic rings. The Balaban J connectivity index is 0.000000392. The second-order valence-corrected chi connectivity index (χ2v) is 10.9. The number of pyridine rings is 1. The first-order chi connectivity index (χ1) is 19.9. The van der Waals surface area contributed by atoms with Crippen molar-refractivity contribution in [3.05, 3.63) is 65.5 Å². The van der Waals surface area contributed by atoms with Crippen molar-refractivity contribution in [2.75, 3.05) is 19.6 Å². The molecular formula is C32H47F2N5O3. The van der Waals surface area contributed by atoms with Gasteiger partial charge in [-0.2, -0.15) is 0 Å². The molecule has 10 heteroatoms. The monoisotopic (exact) mass is 587 g/mol. The molecule has 0 saturated carbocycles. The first-order valence-corrected chi connectivity index (χ1v) is 15.0. The standard InChI is InChI=1S/C22H31F2N3O2.C6H6N2O.C4H10/c1-4-6-15(2)26-11-9-19-18(26)10-12-27(19)20(28)14-25-21(29)16-7-5-8-17(13-16)22(3,23)24;7-6(9)5-3-1-2-4-8-5;1-3-4-2/h5,7-8,13,15,18-19H,4,6,9-12,14H2,1-3H3,(H,25,29);1-4H,(H2,7,9);3-4H2,1-2H3. The Hall–Kier alpha value is -3.40. The molecule has 3 N–H and O–H groups in total. The van der Waals surface area contributed by atoms with Gasteiger partial charge in [-0.25, -0.2) is 8.78 Å². The van der Waals surface area contributed by atoms with Crippen molar-refractivity contribution in [2.45, 2.75) is 97.2 Å². The Morgan fingerprint density at radius 2 is 1.71 bits per heavy atom. The second-order valence-electron chi connectivity index (χ2n) is 10.9. The zero-order chi connectivity index (χ0) is 31.3. The van der Waals surface area contributed by atoms with E-state index in [1.807, 2.05) is 4.90 Å². The number of nitrogens with one attached hydrogen (secondary N) is 1. The third kappa shape index (κ3) is 10.2. The number of alkyl halides is 2. The van der Waals surface area contributed by atoms with Gasteiger partial charge < -0.3 is 16.0 Å². The number of amides is 3. The lowest BCUT2D eigenvalue weighted by Crippen LogP contribution is -2.45. The lowest BCUT2D eigenvalue weighted by molar-refractivity contribution is -0.130. The first kappa shape index (κ1) is 34.8. The molecule has 2 saturated heterocycles. The number of rotatable bonds is 9. The fourth-order valence-electron chi connectivity index (χ4n) is 5.26. The van der Waals surface area contributed by atoms with Crippen LogP contribution in [0, 0.1) is 0 Å². The zero-order valence-corrected chi connectivity index (χ0v) is 25.6. The van der Waals surface area contributed by atoms with Crippen molar-refractivity contribution in [1.29, 1.82) is 0 Å². The molecule has 3 atom stereocenters. The Morgan fingerprint density at radius 3 is 2.26 bits per heavy atom. The average molecular weight is 588 g/mol. The van der Waals surface area contributed by atoms with Crippen molar-refractivity contribution in [3.8, 4) is 0 Å². The highest BCUT2D eigenvalue weighted by Gasteiger charge is 2.45. The van der Waals surface area contributed by atoms with Crippen molar-refractivity contribution < 1.29 is 23.2 Å². The zero-order valence-electron chi connectivity index (χ0n) is 25.6. The van der Waals surface area contributed by atoms with Gasteiger partial charge in [-0.1, -0.05) is 58.2 Å². The van der Waals surface area contributed by atoms with E-state index in [2.05, 4.69) is 42.9 Å². The summed E-state index contributed by atoms with van der Waals surface area (Å²) in [5, 5.41) is 2.60. The number of nitrogens with zero attached hydrogens (tertiary/aromatic N) is 3. The predicted molar refractivity (Wildman–Crippen MR) is 161 cm³/mol. The van der Waals surface area contributed by atoms with E-state index in [0.29, 0.717) is 24.3 Å². The summed E-state index contributed by atoms with van der Waals surface area (Å²) >= 11 is 0. The van der Waals surface area contributed by atoms with Crippen molar-refractivity contribution >= 4 is 17.7 Å². The number of carbonyl (C=O) groups excluding carboxylic acids is 3. The van der Waals surface area contributed by atoms with Gasteiger partial charge >= 0.3 is 0 Å². The van der Waals surface area contributed by atoms with E-state index in [-0.39, 0.29) is 29.6 Å². The van der Waals surface area contributed by atoms with Crippen molar-refractivity contribution in [2.24, 2.45) is 5.73 Å². The van der Waals surface area contributed by atoms with Crippen LogP contribution >= 0.6 is 0 Å². The quantitative estimate of drug-likeness (QED) is 0.410. The van der Waals surface area contributed by atoms with Crippen LogP contribution in [0.5, 0.6) is 0 Å². The summed E-state index contributed by atoms with van der Waals surface area (Å²) < 4.78 is 27.0. The van der Waals surface area contributed by atoms with Crippen LogP contribution in [0.1, 0.15) is 99.6 Å². The van der Waals surface area contributed by atoms with Gasteiger partial charge in [-0.05, 0) is 50.5 Å². The highest BCUT2D eigenvalue weighted by Crippen LogP contribution is 2.33. The van der Waals surface area contributed by atoms with Crippen LogP contribution in [0.2, 0.25) is 0 Å². The molecule has 1 aromatic heterocycles. The number of halogens is 2. The molecule has 2 fully saturated rings. The van der Waals surface area contributed by atoms with Gasteiger partial charge in [0.25, 0.3) is 17.7 Å². The number of hydrogen-bond acceptors (Lipinski definition) is 5. The van der Waals surface area contributed by atoms with Crippen LogP contribution in [0.25, 0.3) is 0 Å². The van der Waals surface area contributed by atoms with E-state index in [1.54, 1.807) is 18.2 Å². The largest absolute Gasteiger partial charge is 0.364 e. The highest BCUT2D eigenvalue weighted by molar-refractivity contribution is 5.96. The average Bonchev–Trinajstić information content (AvgIpc) is 3.59. The molecule has 8 nitrogen and oxygen atoms in total. The lowest BCUT2D eigenvalue weighted by Gasteiger charge is -2.30. The number of primary amides is 1. The predicted octanol–water partition coefficient (Wildman–Crippen LogP) is 5.38. The first-order valence-electron chi connectivity index (χ1n) is 15.0. The number of hydrogen-bond donors (Lipinski definition) is 2. The number of fused-ring (bicyclic) bond motifs is 1. The minimum Gasteiger partial charge on any atom is -0.364 e. The van der Waals surface area contributed by atoms with E-state index in [4.69, 9.17) is 5.73 Å². The van der Waals surface area contributed by atoms with E-state index in [1.165, 1.54) is 43.3 Å². The van der Waals surface area contributed by atoms with Crippen molar-refractivity contribution in [1.82, 2.24) is 20.1 Å². The van der Waals surface area contributed by atoms with Crippen molar-refractivity contribution in [3.63, 3.8) is 0 Å². The van der Waals surface area contributed by atoms with Gasteiger partial charge in [-0.3, -0.25) is 24.3 Å². The molecule has 2 aliphatic heterocycles. The molecule has 3 amide bonds. The van der Waals surface area contributed by atoms with Crippen LogP contribution < -0.4 is 11.1 Å². The second kappa shape index (κ2) is 16.9.